The largest absolute Gasteiger partial charge is 3.00 e. The summed E-state index contributed by atoms with van der Waals surface area (Å²) in [6.07, 6.45) is 0.847. The van der Waals surface area contributed by atoms with Gasteiger partial charge in [-0.15, -0.1) is 0 Å². The molecule has 0 aliphatic rings. The summed E-state index contributed by atoms with van der Waals surface area (Å²) < 4.78 is 0. The van der Waals surface area contributed by atoms with Gasteiger partial charge in [0.05, 0.1) is 0 Å². The van der Waals surface area contributed by atoms with E-state index < -0.39 is 0 Å². The molecule has 2 N–H and O–H groups in total. The smallest absolute Gasteiger partial charge is 0.342 e. The Morgan fingerprint density at radius 3 is 1.80 bits per heavy atom. The van der Waals surface area contributed by atoms with Crippen LogP contribution in [0.2, 0.25) is 0 Å². The molecule has 0 spiro atoms. The van der Waals surface area contributed by atoms with Crippen LogP contribution < -0.4 is 5.73 Å². The van der Waals surface area contributed by atoms with Gasteiger partial charge in [0.15, 0.2) is 0 Å². The van der Waals surface area contributed by atoms with Crippen LogP contribution in [0.1, 0.15) is 6.42 Å². The molecule has 0 heterocycles. The van der Waals surface area contributed by atoms with E-state index in [-0.39, 0.29) is 32.7 Å². The van der Waals surface area contributed by atoms with E-state index in [0.717, 1.165) is 6.42 Å². The first-order valence-corrected chi connectivity index (χ1v) is 1.41. The molecule has 0 rings (SSSR count). The molecule has 0 atom stereocenters. The van der Waals surface area contributed by atoms with Crippen molar-refractivity contribution in [2.75, 3.05) is 6.54 Å². The predicted octanol–water partition coefficient (Wildman–Crippen LogP) is 0.167. The Morgan fingerprint density at radius 2 is 1.80 bits per heavy atom. The van der Waals surface area contributed by atoms with E-state index in [9.17, 15) is 0 Å². The van der Waals surface area contributed by atoms with Gasteiger partial charge in [0, 0.05) is 0 Å². The molecule has 0 fully saturated rings. The molecular weight excluding hydrogens is 139 g/mol. The van der Waals surface area contributed by atoms with E-state index in [0.29, 0.717) is 6.54 Å². The average molecular weight is 147 g/mol. The molecule has 0 aromatic carbocycles. The van der Waals surface area contributed by atoms with Crippen molar-refractivity contribution < 1.29 is 32.7 Å². The monoisotopic (exact) mass is 147 g/mol. The maximum absolute atomic E-state index is 4.97. The second kappa shape index (κ2) is 8.91. The summed E-state index contributed by atoms with van der Waals surface area (Å²) >= 11 is 0. The molecule has 0 aromatic heterocycles. The van der Waals surface area contributed by atoms with Crippen LogP contribution in [-0.2, 0) is 32.7 Å². The van der Waals surface area contributed by atoms with Crippen molar-refractivity contribution in [3.63, 3.8) is 0 Å². The third-order valence-corrected chi connectivity index (χ3v) is 0.204. The summed E-state index contributed by atoms with van der Waals surface area (Å²) in [7, 11) is 0. The molecule has 0 aliphatic heterocycles. The van der Waals surface area contributed by atoms with Gasteiger partial charge in [0.1, 0.15) is 0 Å². The minimum absolute atomic E-state index is 0. The molecule has 0 aromatic rings. The number of nitrogens with two attached hydrogens (primary N) is 1. The Hall–Kier alpha value is 1.06. The van der Waals surface area contributed by atoms with Gasteiger partial charge in [-0.25, -0.2) is 0 Å². The summed E-state index contributed by atoms with van der Waals surface area (Å²) in [6.45, 7) is 4.19. The van der Waals surface area contributed by atoms with Crippen LogP contribution in [0.5, 0.6) is 0 Å². The Labute approximate surface area is 58.2 Å². The quantitative estimate of drug-likeness (QED) is 0.525. The minimum Gasteiger partial charge on any atom is -0.342 e. The van der Waals surface area contributed by atoms with Crippen molar-refractivity contribution >= 4 is 0 Å². The molecule has 5 heavy (non-hydrogen) atoms. The zero-order valence-corrected chi connectivity index (χ0v) is 6.11. The van der Waals surface area contributed by atoms with Gasteiger partial charge in [0.2, 0.25) is 0 Å². The molecule has 0 saturated carbocycles. The fourth-order valence-corrected chi connectivity index (χ4v) is 0. The first-order valence-electron chi connectivity index (χ1n) is 1.41. The van der Waals surface area contributed by atoms with Gasteiger partial charge >= 0.3 is 32.7 Å². The van der Waals surface area contributed by atoms with Crippen molar-refractivity contribution in [3.05, 3.63) is 6.92 Å². The van der Waals surface area contributed by atoms with E-state index in [1.807, 2.05) is 0 Å². The Balaban J connectivity index is 0. The Kier molecular flexibility index (Phi) is 16.8. The maximum Gasteiger partial charge on any atom is 3.00 e. The molecular formula is C3H8NY+2. The number of hydrogen-bond acceptors (Lipinski definition) is 1. The third kappa shape index (κ3) is 11.2. The molecule has 26 valence electrons. The molecule has 0 aliphatic carbocycles. The van der Waals surface area contributed by atoms with Gasteiger partial charge in [-0.2, -0.15) is 6.42 Å². The predicted molar refractivity (Wildman–Crippen MR) is 19.0 cm³/mol. The normalized spacial score (nSPS) is 6.00. The first-order chi connectivity index (χ1) is 1.91. The van der Waals surface area contributed by atoms with Crippen LogP contribution >= 0.6 is 0 Å². The van der Waals surface area contributed by atoms with E-state index in [1.54, 1.807) is 0 Å². The Morgan fingerprint density at radius 1 is 1.60 bits per heavy atom. The summed E-state index contributed by atoms with van der Waals surface area (Å²) in [6, 6.07) is 0. The summed E-state index contributed by atoms with van der Waals surface area (Å²) in [5.74, 6) is 0. The fraction of sp³-hybridized carbons (Fsp3) is 0.667. The molecule has 0 radical (unpaired) electrons. The third-order valence-electron chi connectivity index (χ3n) is 0.204. The van der Waals surface area contributed by atoms with Crippen molar-refractivity contribution in [3.8, 4) is 0 Å². The van der Waals surface area contributed by atoms with Gasteiger partial charge in [0.25, 0.3) is 0 Å². The SMILES string of the molecule is [CH2-]CCN.[Y+3]. The van der Waals surface area contributed by atoms with Gasteiger partial charge in [-0.05, 0) is 6.54 Å². The molecule has 0 bridgehead atoms. The van der Waals surface area contributed by atoms with E-state index in [2.05, 4.69) is 6.92 Å². The second-order valence-corrected chi connectivity index (χ2v) is 0.642. The van der Waals surface area contributed by atoms with Gasteiger partial charge in [-0.3, -0.25) is 0 Å². The van der Waals surface area contributed by atoms with Crippen molar-refractivity contribution in [1.82, 2.24) is 0 Å². The van der Waals surface area contributed by atoms with Crippen LogP contribution in [0, 0.1) is 6.92 Å². The van der Waals surface area contributed by atoms with Crippen molar-refractivity contribution in [2.24, 2.45) is 5.73 Å². The van der Waals surface area contributed by atoms with Crippen LogP contribution in [0.3, 0.4) is 0 Å². The second-order valence-electron chi connectivity index (χ2n) is 0.642. The molecule has 1 nitrogen and oxygen atoms in total. The van der Waals surface area contributed by atoms with Crippen LogP contribution in [-0.4, -0.2) is 6.54 Å². The van der Waals surface area contributed by atoms with Crippen LogP contribution in [0.4, 0.5) is 0 Å². The molecule has 0 amide bonds. The van der Waals surface area contributed by atoms with Crippen molar-refractivity contribution in [1.29, 1.82) is 0 Å². The van der Waals surface area contributed by atoms with E-state index in [1.165, 1.54) is 0 Å². The van der Waals surface area contributed by atoms with Gasteiger partial charge < -0.3 is 12.7 Å². The molecule has 0 unspecified atom stereocenters. The van der Waals surface area contributed by atoms with Crippen molar-refractivity contribution in [2.45, 2.75) is 6.42 Å². The van der Waals surface area contributed by atoms with Crippen LogP contribution in [0.25, 0.3) is 0 Å². The maximum atomic E-state index is 4.97. The zero-order chi connectivity index (χ0) is 3.41. The van der Waals surface area contributed by atoms with Crippen LogP contribution in [0.15, 0.2) is 0 Å². The zero-order valence-electron chi connectivity index (χ0n) is 3.28. The molecule has 0 saturated heterocycles. The Bertz CT molecular complexity index is 8.85. The van der Waals surface area contributed by atoms with Gasteiger partial charge in [-0.1, -0.05) is 0 Å². The standard InChI is InChI=1S/C3H8N.Y/c1-2-3-4;/h1-4H2;/q-1;+3. The summed E-state index contributed by atoms with van der Waals surface area (Å²) in [5, 5.41) is 0. The molecule has 2 heteroatoms. The fourth-order valence-electron chi connectivity index (χ4n) is 0. The van der Waals surface area contributed by atoms with E-state index in [4.69, 9.17) is 5.73 Å². The van der Waals surface area contributed by atoms with E-state index >= 15 is 0 Å². The topological polar surface area (TPSA) is 26.0 Å². The first kappa shape index (κ1) is 9.42. The number of rotatable bonds is 1. The number of hydrogen-bond donors (Lipinski definition) is 1. The average Bonchev–Trinajstić information content (AvgIpc) is 1.37. The minimum atomic E-state index is 0. The summed E-state index contributed by atoms with van der Waals surface area (Å²) in [4.78, 5) is 0. The summed E-state index contributed by atoms with van der Waals surface area (Å²) in [5.41, 5.74) is 4.97.